The molecule has 5 heteroatoms. The van der Waals surface area contributed by atoms with Crippen LogP contribution in [0.5, 0.6) is 0 Å². The van der Waals surface area contributed by atoms with Crippen LogP contribution in [0, 0.1) is 11.6 Å². The lowest BCUT2D eigenvalue weighted by Crippen LogP contribution is -1.88. The van der Waals surface area contributed by atoms with Crippen molar-refractivity contribution in [2.24, 2.45) is 0 Å². The van der Waals surface area contributed by atoms with E-state index in [9.17, 15) is 8.78 Å². The van der Waals surface area contributed by atoms with Gasteiger partial charge in [0.25, 0.3) is 0 Å². The number of nitrogens with one attached hydrogen (secondary N) is 1. The molecule has 0 aliphatic carbocycles. The Hall–Kier alpha value is -1.75. The highest BCUT2D eigenvalue weighted by atomic mass is 19.1. The van der Waals surface area contributed by atoms with Crippen LogP contribution >= 0.6 is 0 Å². The molecule has 3 nitrogen and oxygen atoms in total. The monoisotopic (exact) mass is 210 g/mol. The minimum atomic E-state index is -0.686. The summed E-state index contributed by atoms with van der Waals surface area (Å²) in [6, 6.07) is 3.24. The maximum absolute atomic E-state index is 13.3. The van der Waals surface area contributed by atoms with Gasteiger partial charge in [-0.15, -0.1) is 0 Å². The van der Waals surface area contributed by atoms with Crippen LogP contribution in [0.1, 0.15) is 5.69 Å². The largest absolute Gasteiger partial charge is 0.390 e. The highest BCUT2D eigenvalue weighted by molar-refractivity contribution is 5.55. The Morgan fingerprint density at radius 2 is 2.13 bits per heavy atom. The zero-order chi connectivity index (χ0) is 10.8. The molecule has 0 aliphatic heterocycles. The van der Waals surface area contributed by atoms with Gasteiger partial charge in [0.2, 0.25) is 0 Å². The molecule has 78 valence electrons. The normalized spacial score (nSPS) is 10.6. The third kappa shape index (κ3) is 1.87. The molecule has 0 radical (unpaired) electrons. The fourth-order valence-corrected chi connectivity index (χ4v) is 1.26. The molecule has 0 atom stereocenters. The molecule has 0 saturated carbocycles. The van der Waals surface area contributed by atoms with E-state index in [0.29, 0.717) is 5.69 Å². The maximum atomic E-state index is 13.3. The van der Waals surface area contributed by atoms with E-state index in [-0.39, 0.29) is 18.0 Å². The molecular weight excluding hydrogens is 202 g/mol. The van der Waals surface area contributed by atoms with Crippen molar-refractivity contribution in [3.63, 3.8) is 0 Å². The zero-order valence-corrected chi connectivity index (χ0v) is 7.67. The predicted octanol–water partition coefficient (Wildman–Crippen LogP) is 1.85. The van der Waals surface area contributed by atoms with E-state index in [1.165, 1.54) is 12.3 Å². The molecule has 0 unspecified atom stereocenters. The highest BCUT2D eigenvalue weighted by Gasteiger charge is 2.09. The van der Waals surface area contributed by atoms with Crippen molar-refractivity contribution in [2.75, 3.05) is 0 Å². The smallest absolute Gasteiger partial charge is 0.140 e. The van der Waals surface area contributed by atoms with E-state index in [1.807, 2.05) is 0 Å². The average molecular weight is 210 g/mol. The van der Waals surface area contributed by atoms with E-state index < -0.39 is 11.6 Å². The summed E-state index contributed by atoms with van der Waals surface area (Å²) in [7, 11) is 0. The number of aliphatic hydroxyl groups is 1. The minimum Gasteiger partial charge on any atom is -0.390 e. The Morgan fingerprint density at radius 3 is 2.73 bits per heavy atom. The number of hydrogen-bond donors (Lipinski definition) is 2. The van der Waals surface area contributed by atoms with Crippen LogP contribution in [-0.2, 0) is 6.61 Å². The standard InChI is InChI=1S/C10H8F2N2O/c11-6-1-2-8(9(12)3-6)10-13-4-7(5-15)14-10/h1-4,15H,5H2,(H,13,14). The number of halogens is 2. The number of aromatic nitrogens is 2. The van der Waals surface area contributed by atoms with E-state index in [4.69, 9.17) is 5.11 Å². The van der Waals surface area contributed by atoms with Gasteiger partial charge in [-0.3, -0.25) is 0 Å². The summed E-state index contributed by atoms with van der Waals surface area (Å²) in [6.45, 7) is -0.223. The number of aromatic amines is 1. The van der Waals surface area contributed by atoms with Crippen LogP contribution in [0.25, 0.3) is 11.4 Å². The van der Waals surface area contributed by atoms with Crippen molar-refractivity contribution < 1.29 is 13.9 Å². The lowest BCUT2D eigenvalue weighted by molar-refractivity contribution is 0.277. The van der Waals surface area contributed by atoms with E-state index in [1.54, 1.807) is 0 Å². The van der Waals surface area contributed by atoms with Crippen molar-refractivity contribution in [1.29, 1.82) is 0 Å². The average Bonchev–Trinajstić information content (AvgIpc) is 2.66. The Kier molecular flexibility index (Phi) is 2.47. The Bertz CT molecular complexity index is 482. The molecule has 1 aromatic carbocycles. The molecule has 1 aromatic heterocycles. The van der Waals surface area contributed by atoms with E-state index in [0.717, 1.165) is 12.1 Å². The van der Waals surface area contributed by atoms with Gasteiger partial charge in [-0.25, -0.2) is 13.8 Å². The fraction of sp³-hybridized carbons (Fsp3) is 0.100. The molecule has 0 aliphatic rings. The molecule has 0 spiro atoms. The molecule has 0 fully saturated rings. The van der Waals surface area contributed by atoms with Crippen molar-refractivity contribution >= 4 is 0 Å². The van der Waals surface area contributed by atoms with Gasteiger partial charge in [-0.05, 0) is 12.1 Å². The second-order valence-electron chi connectivity index (χ2n) is 3.02. The van der Waals surface area contributed by atoms with Crippen LogP contribution in [0.2, 0.25) is 0 Å². The third-order valence-electron chi connectivity index (χ3n) is 1.98. The van der Waals surface area contributed by atoms with Crippen LogP contribution in [0.3, 0.4) is 0 Å². The van der Waals surface area contributed by atoms with Crippen molar-refractivity contribution in [2.45, 2.75) is 6.61 Å². The number of benzene rings is 1. The summed E-state index contributed by atoms with van der Waals surface area (Å²) < 4.78 is 25.9. The quantitative estimate of drug-likeness (QED) is 0.794. The lowest BCUT2D eigenvalue weighted by Gasteiger charge is -1.98. The second-order valence-corrected chi connectivity index (χ2v) is 3.02. The Balaban J connectivity index is 2.44. The van der Waals surface area contributed by atoms with Gasteiger partial charge in [0.15, 0.2) is 0 Å². The van der Waals surface area contributed by atoms with Gasteiger partial charge in [0, 0.05) is 12.3 Å². The summed E-state index contributed by atoms with van der Waals surface area (Å²) in [4.78, 5) is 6.62. The summed E-state index contributed by atoms with van der Waals surface area (Å²) in [5.41, 5.74) is 0.588. The van der Waals surface area contributed by atoms with Gasteiger partial charge in [0.05, 0.1) is 17.9 Å². The number of H-pyrrole nitrogens is 1. The van der Waals surface area contributed by atoms with Gasteiger partial charge in [0.1, 0.15) is 17.5 Å². The Labute approximate surface area is 84.4 Å². The van der Waals surface area contributed by atoms with E-state index >= 15 is 0 Å². The molecule has 0 bridgehead atoms. The number of rotatable bonds is 2. The number of hydrogen-bond acceptors (Lipinski definition) is 2. The molecule has 2 rings (SSSR count). The zero-order valence-electron chi connectivity index (χ0n) is 7.67. The second kappa shape index (κ2) is 3.78. The summed E-state index contributed by atoms with van der Waals surface area (Å²) in [5, 5.41) is 8.78. The number of aliphatic hydroxyl groups excluding tert-OH is 1. The van der Waals surface area contributed by atoms with Crippen molar-refractivity contribution in [1.82, 2.24) is 9.97 Å². The van der Waals surface area contributed by atoms with Crippen molar-refractivity contribution in [3.05, 3.63) is 41.7 Å². The predicted molar refractivity (Wildman–Crippen MR) is 49.9 cm³/mol. The number of nitrogens with zero attached hydrogens (tertiary/aromatic N) is 1. The topological polar surface area (TPSA) is 48.9 Å². The minimum absolute atomic E-state index is 0.177. The highest BCUT2D eigenvalue weighted by Crippen LogP contribution is 2.20. The van der Waals surface area contributed by atoms with Crippen LogP contribution < -0.4 is 0 Å². The van der Waals surface area contributed by atoms with Crippen molar-refractivity contribution in [3.8, 4) is 11.4 Å². The van der Waals surface area contributed by atoms with Gasteiger partial charge in [-0.2, -0.15) is 0 Å². The maximum Gasteiger partial charge on any atom is 0.140 e. The van der Waals surface area contributed by atoms with Gasteiger partial charge < -0.3 is 10.1 Å². The van der Waals surface area contributed by atoms with E-state index in [2.05, 4.69) is 9.97 Å². The molecular formula is C10H8F2N2O. The van der Waals surface area contributed by atoms with Crippen LogP contribution in [0.15, 0.2) is 24.4 Å². The number of imidazole rings is 1. The first-order chi connectivity index (χ1) is 7.20. The summed E-state index contributed by atoms with van der Waals surface area (Å²) in [5.74, 6) is -1.05. The molecule has 2 N–H and O–H groups in total. The molecule has 1 heterocycles. The molecule has 2 aromatic rings. The Morgan fingerprint density at radius 1 is 1.33 bits per heavy atom. The van der Waals surface area contributed by atoms with Crippen LogP contribution in [-0.4, -0.2) is 15.1 Å². The first kappa shape index (κ1) is 9.79. The molecule has 15 heavy (non-hydrogen) atoms. The summed E-state index contributed by atoms with van der Waals surface area (Å²) in [6.07, 6.45) is 1.47. The third-order valence-corrected chi connectivity index (χ3v) is 1.98. The fourth-order valence-electron chi connectivity index (χ4n) is 1.26. The summed E-state index contributed by atoms with van der Waals surface area (Å²) >= 11 is 0. The first-order valence-electron chi connectivity index (χ1n) is 4.31. The molecule has 0 saturated heterocycles. The van der Waals surface area contributed by atoms with Gasteiger partial charge >= 0.3 is 0 Å². The lowest BCUT2D eigenvalue weighted by atomic mass is 10.2. The van der Waals surface area contributed by atoms with Crippen LogP contribution in [0.4, 0.5) is 8.78 Å². The first-order valence-corrected chi connectivity index (χ1v) is 4.31. The SMILES string of the molecule is OCc1c[nH]c(-c2ccc(F)cc2F)n1. The molecule has 0 amide bonds. The van der Waals surface area contributed by atoms with Gasteiger partial charge in [-0.1, -0.05) is 0 Å².